The number of benzene rings is 1. The third kappa shape index (κ3) is 2.98. The van der Waals surface area contributed by atoms with Crippen LogP contribution < -0.4 is 10.9 Å². The molecule has 0 saturated heterocycles. The largest absolute Gasteiger partial charge is 0.358 e. The lowest BCUT2D eigenvalue weighted by Crippen LogP contribution is -2.25. The van der Waals surface area contributed by atoms with E-state index in [9.17, 15) is 14.0 Å². The molecule has 7 heteroatoms. The highest BCUT2D eigenvalue weighted by atomic mass is 19.1. The number of hydrogen-bond acceptors (Lipinski definition) is 4. The number of carbonyl (C=O) groups is 1. The smallest absolute Gasteiger partial charge is 0.276 e. The summed E-state index contributed by atoms with van der Waals surface area (Å²) in [4.78, 5) is 30.9. The number of para-hydroxylation sites is 1. The Morgan fingerprint density at radius 1 is 1.26 bits per heavy atom. The van der Waals surface area contributed by atoms with Crippen molar-refractivity contribution in [3.63, 3.8) is 0 Å². The van der Waals surface area contributed by atoms with Crippen LogP contribution in [0.2, 0.25) is 0 Å². The number of pyridine rings is 2. The van der Waals surface area contributed by atoms with Crippen LogP contribution in [0.4, 0.5) is 4.39 Å². The van der Waals surface area contributed by atoms with Crippen molar-refractivity contribution >= 4 is 23.0 Å². The van der Waals surface area contributed by atoms with Crippen LogP contribution >= 0.6 is 0 Å². The van der Waals surface area contributed by atoms with Crippen LogP contribution in [0.15, 0.2) is 58.7 Å². The van der Waals surface area contributed by atoms with Crippen molar-refractivity contribution < 1.29 is 9.18 Å². The Morgan fingerprint density at radius 3 is 2.91 bits per heavy atom. The average molecular weight is 310 g/mol. The van der Waals surface area contributed by atoms with Gasteiger partial charge in [0.2, 0.25) is 5.43 Å². The molecule has 0 aliphatic rings. The fourth-order valence-electron chi connectivity index (χ4n) is 2.05. The fourth-order valence-corrected chi connectivity index (χ4v) is 2.05. The van der Waals surface area contributed by atoms with Crippen molar-refractivity contribution in [1.82, 2.24) is 15.4 Å². The summed E-state index contributed by atoms with van der Waals surface area (Å²) in [6.45, 7) is 0. The number of halogens is 1. The highest BCUT2D eigenvalue weighted by molar-refractivity contribution is 5.97. The van der Waals surface area contributed by atoms with Crippen molar-refractivity contribution in [1.29, 1.82) is 0 Å². The summed E-state index contributed by atoms with van der Waals surface area (Å²) in [6.07, 6.45) is 4.11. The lowest BCUT2D eigenvalue weighted by molar-refractivity contribution is 0.0954. The zero-order valence-corrected chi connectivity index (χ0v) is 11.8. The van der Waals surface area contributed by atoms with E-state index in [0.717, 1.165) is 0 Å². The molecule has 1 amide bonds. The van der Waals surface area contributed by atoms with Gasteiger partial charge in [0.1, 0.15) is 11.4 Å². The van der Waals surface area contributed by atoms with Gasteiger partial charge in [-0.25, -0.2) is 9.82 Å². The van der Waals surface area contributed by atoms with Crippen molar-refractivity contribution in [2.75, 3.05) is 0 Å². The lowest BCUT2D eigenvalue weighted by atomic mass is 10.1. The molecule has 0 fully saturated rings. The molecule has 2 aromatic heterocycles. The second kappa shape index (κ2) is 6.18. The second-order valence-corrected chi connectivity index (χ2v) is 4.65. The van der Waals surface area contributed by atoms with Crippen LogP contribution in [0.25, 0.3) is 10.9 Å². The van der Waals surface area contributed by atoms with Crippen LogP contribution in [0, 0.1) is 5.82 Å². The molecule has 1 aromatic carbocycles. The van der Waals surface area contributed by atoms with Crippen LogP contribution in [-0.4, -0.2) is 22.1 Å². The normalized spacial score (nSPS) is 11.0. The van der Waals surface area contributed by atoms with Crippen LogP contribution in [0.5, 0.6) is 0 Å². The minimum Gasteiger partial charge on any atom is -0.358 e. The number of nitrogens with zero attached hydrogens (tertiary/aromatic N) is 2. The first-order chi connectivity index (χ1) is 11.2. The molecule has 0 aliphatic heterocycles. The maximum Gasteiger partial charge on any atom is 0.276 e. The predicted molar refractivity (Wildman–Crippen MR) is 83.8 cm³/mol. The van der Waals surface area contributed by atoms with Gasteiger partial charge in [0, 0.05) is 17.8 Å². The third-order valence-electron chi connectivity index (χ3n) is 3.16. The lowest BCUT2D eigenvalue weighted by Gasteiger charge is -2.03. The summed E-state index contributed by atoms with van der Waals surface area (Å²) >= 11 is 0. The summed E-state index contributed by atoms with van der Waals surface area (Å²) in [7, 11) is 0. The van der Waals surface area contributed by atoms with E-state index in [-0.39, 0.29) is 16.5 Å². The quantitative estimate of drug-likeness (QED) is 0.571. The SMILES string of the molecule is O=C(N/N=C/c1ccccn1)c1c[nH]c2c(F)cccc2c1=O. The van der Waals surface area contributed by atoms with Gasteiger partial charge < -0.3 is 4.98 Å². The summed E-state index contributed by atoms with van der Waals surface area (Å²) in [6, 6.07) is 9.33. The zero-order valence-electron chi connectivity index (χ0n) is 11.8. The average Bonchev–Trinajstić information content (AvgIpc) is 2.57. The number of fused-ring (bicyclic) bond motifs is 1. The minimum absolute atomic E-state index is 0.0611. The highest BCUT2D eigenvalue weighted by Gasteiger charge is 2.13. The van der Waals surface area contributed by atoms with Gasteiger partial charge in [-0.1, -0.05) is 12.1 Å². The molecule has 0 unspecified atom stereocenters. The molecule has 6 nitrogen and oxygen atoms in total. The third-order valence-corrected chi connectivity index (χ3v) is 3.16. The number of hydrogen-bond donors (Lipinski definition) is 2. The molecule has 0 saturated carbocycles. The van der Waals surface area contributed by atoms with Gasteiger partial charge in [0.25, 0.3) is 5.91 Å². The number of nitrogens with one attached hydrogen (secondary N) is 2. The zero-order chi connectivity index (χ0) is 16.2. The van der Waals surface area contributed by atoms with E-state index in [4.69, 9.17) is 0 Å². The van der Waals surface area contributed by atoms with E-state index in [2.05, 4.69) is 20.5 Å². The number of aromatic amines is 1. The molecule has 114 valence electrons. The van der Waals surface area contributed by atoms with Gasteiger partial charge >= 0.3 is 0 Å². The van der Waals surface area contributed by atoms with E-state index in [1.807, 2.05) is 0 Å². The Labute approximate surface area is 129 Å². The van der Waals surface area contributed by atoms with Crippen molar-refractivity contribution in [2.45, 2.75) is 0 Å². The van der Waals surface area contributed by atoms with E-state index < -0.39 is 17.2 Å². The van der Waals surface area contributed by atoms with E-state index >= 15 is 0 Å². The summed E-state index contributed by atoms with van der Waals surface area (Å²) in [5.74, 6) is -1.25. The first-order valence-corrected chi connectivity index (χ1v) is 6.71. The number of H-pyrrole nitrogens is 1. The second-order valence-electron chi connectivity index (χ2n) is 4.65. The molecule has 0 radical (unpaired) electrons. The van der Waals surface area contributed by atoms with Crippen LogP contribution in [-0.2, 0) is 0 Å². The fraction of sp³-hybridized carbons (Fsp3) is 0. The molecule has 0 bridgehead atoms. The molecule has 0 atom stereocenters. The first-order valence-electron chi connectivity index (χ1n) is 6.71. The Bertz CT molecular complexity index is 951. The van der Waals surface area contributed by atoms with Crippen molar-refractivity contribution in [2.24, 2.45) is 5.10 Å². The number of carbonyl (C=O) groups excluding carboxylic acids is 1. The summed E-state index contributed by atoms with van der Waals surface area (Å²) < 4.78 is 13.6. The number of hydrazone groups is 1. The highest BCUT2D eigenvalue weighted by Crippen LogP contribution is 2.11. The molecular formula is C16H11FN4O2. The van der Waals surface area contributed by atoms with Gasteiger partial charge in [-0.15, -0.1) is 0 Å². The van der Waals surface area contributed by atoms with Gasteiger partial charge in [-0.05, 0) is 24.3 Å². The number of amides is 1. The van der Waals surface area contributed by atoms with Gasteiger partial charge in [-0.2, -0.15) is 5.10 Å². The molecule has 0 spiro atoms. The topological polar surface area (TPSA) is 87.2 Å². The van der Waals surface area contributed by atoms with Crippen LogP contribution in [0.1, 0.15) is 16.1 Å². The van der Waals surface area contributed by atoms with Gasteiger partial charge in [0.05, 0.1) is 17.4 Å². The Kier molecular flexibility index (Phi) is 3.92. The molecule has 2 heterocycles. The Morgan fingerprint density at radius 2 is 2.13 bits per heavy atom. The van der Waals surface area contributed by atoms with E-state index in [1.54, 1.807) is 24.4 Å². The summed E-state index contributed by atoms with van der Waals surface area (Å²) in [5, 5.41) is 3.85. The van der Waals surface area contributed by atoms with E-state index in [1.165, 1.54) is 30.6 Å². The van der Waals surface area contributed by atoms with Crippen LogP contribution in [0.3, 0.4) is 0 Å². The maximum atomic E-state index is 13.6. The van der Waals surface area contributed by atoms with E-state index in [0.29, 0.717) is 5.69 Å². The van der Waals surface area contributed by atoms with Crippen molar-refractivity contribution in [3.05, 3.63) is 76.1 Å². The first kappa shape index (κ1) is 14.6. The molecule has 3 rings (SSSR count). The van der Waals surface area contributed by atoms with Crippen molar-refractivity contribution in [3.8, 4) is 0 Å². The standard InChI is InChI=1S/C16H11FN4O2/c17-13-6-3-5-11-14(13)19-9-12(15(11)22)16(23)21-20-8-10-4-1-2-7-18-10/h1-9H,(H,19,22)(H,21,23)/b20-8+. The molecular weight excluding hydrogens is 299 g/mol. The number of aromatic nitrogens is 2. The molecule has 2 N–H and O–H groups in total. The maximum absolute atomic E-state index is 13.6. The number of rotatable bonds is 3. The molecule has 23 heavy (non-hydrogen) atoms. The Balaban J connectivity index is 1.86. The Hall–Kier alpha value is -3.35. The molecule has 0 aliphatic carbocycles. The van der Waals surface area contributed by atoms with Gasteiger partial charge in [-0.3, -0.25) is 14.6 Å². The minimum atomic E-state index is -0.690. The predicted octanol–water partition coefficient (Wildman–Crippen LogP) is 1.83. The molecule has 3 aromatic rings. The summed E-state index contributed by atoms with van der Waals surface area (Å²) in [5.41, 5.74) is 2.15. The monoisotopic (exact) mass is 310 g/mol. The van der Waals surface area contributed by atoms with Gasteiger partial charge in [0.15, 0.2) is 0 Å².